The van der Waals surface area contributed by atoms with Crippen LogP contribution >= 0.6 is 0 Å². The lowest BCUT2D eigenvalue weighted by Gasteiger charge is -2.27. The molecule has 0 unspecified atom stereocenters. The Morgan fingerprint density at radius 1 is 1.17 bits per heavy atom. The van der Waals surface area contributed by atoms with Gasteiger partial charge >= 0.3 is 17.7 Å². The van der Waals surface area contributed by atoms with Crippen LogP contribution in [-0.2, 0) is 9.59 Å². The average molecular weight is 328 g/mol. The molecule has 2 rings (SSSR count). The molecule has 0 radical (unpaired) electrons. The number of nitrogens with one attached hydrogen (secondary N) is 3. The van der Waals surface area contributed by atoms with Crippen LogP contribution in [0.4, 0.5) is 13.2 Å². The van der Waals surface area contributed by atoms with Gasteiger partial charge < -0.3 is 0 Å². The van der Waals surface area contributed by atoms with Crippen LogP contribution in [0, 0.1) is 5.41 Å². The lowest BCUT2D eigenvalue weighted by Crippen LogP contribution is -2.96. The summed E-state index contributed by atoms with van der Waals surface area (Å²) in [5, 5.41) is 3.97. The van der Waals surface area contributed by atoms with Crippen molar-refractivity contribution >= 4 is 17.6 Å². The van der Waals surface area contributed by atoms with E-state index in [0.29, 0.717) is 5.56 Å². The molecule has 124 valence electrons. The molecule has 1 aliphatic heterocycles. The van der Waals surface area contributed by atoms with E-state index in [1.165, 1.54) is 20.8 Å². The second kappa shape index (κ2) is 5.36. The van der Waals surface area contributed by atoms with Crippen molar-refractivity contribution in [3.63, 3.8) is 0 Å². The number of alkyl halides is 3. The first kappa shape index (κ1) is 17.0. The third kappa shape index (κ3) is 3.06. The first-order chi connectivity index (χ1) is 10.5. The largest absolute Gasteiger partial charge is 0.465 e. The Hall–Kier alpha value is -2.38. The van der Waals surface area contributed by atoms with Gasteiger partial charge in [-0.05, 0) is 12.1 Å². The molecule has 1 aromatic carbocycles. The third-order valence-electron chi connectivity index (χ3n) is 3.36. The fourth-order valence-electron chi connectivity index (χ4n) is 1.95. The lowest BCUT2D eigenvalue weighted by molar-refractivity contribution is -0.581. The summed E-state index contributed by atoms with van der Waals surface area (Å²) in [7, 11) is 0. The summed E-state index contributed by atoms with van der Waals surface area (Å²) >= 11 is 0. The smallest absolute Gasteiger partial charge is 0.297 e. The Morgan fingerprint density at radius 3 is 2.22 bits per heavy atom. The molecule has 0 saturated carbocycles. The van der Waals surface area contributed by atoms with Crippen LogP contribution in [-0.4, -0.2) is 29.5 Å². The highest BCUT2D eigenvalue weighted by Gasteiger charge is 2.70. The minimum absolute atomic E-state index is 0.109. The molecule has 8 heteroatoms. The highest BCUT2D eigenvalue weighted by molar-refractivity contribution is 6.11. The minimum atomic E-state index is -5.02. The van der Waals surface area contributed by atoms with Crippen molar-refractivity contribution in [3.8, 4) is 0 Å². The minimum Gasteiger partial charge on any atom is -0.297 e. The second-order valence-corrected chi connectivity index (χ2v) is 6.27. The maximum Gasteiger partial charge on any atom is 0.465 e. The lowest BCUT2D eigenvalue weighted by atomic mass is 9.94. The molecular formula is C15H17F3N3O2+. The Labute approximate surface area is 131 Å². The van der Waals surface area contributed by atoms with Gasteiger partial charge in [0.1, 0.15) is 0 Å². The van der Waals surface area contributed by atoms with E-state index >= 15 is 0 Å². The van der Waals surface area contributed by atoms with Crippen molar-refractivity contribution in [1.29, 1.82) is 0 Å². The van der Waals surface area contributed by atoms with Crippen LogP contribution in [0.1, 0.15) is 26.3 Å². The molecule has 1 aliphatic rings. The van der Waals surface area contributed by atoms with Gasteiger partial charge in [0.15, 0.2) is 0 Å². The molecule has 0 saturated heterocycles. The van der Waals surface area contributed by atoms with E-state index in [9.17, 15) is 22.8 Å². The number of amidine groups is 1. The predicted molar refractivity (Wildman–Crippen MR) is 76.0 cm³/mol. The van der Waals surface area contributed by atoms with Crippen molar-refractivity contribution in [3.05, 3.63) is 35.9 Å². The van der Waals surface area contributed by atoms with Crippen LogP contribution < -0.4 is 15.6 Å². The first-order valence-electron chi connectivity index (χ1n) is 6.89. The van der Waals surface area contributed by atoms with Gasteiger partial charge in [0, 0.05) is 5.41 Å². The molecule has 1 atom stereocenters. The first-order valence-corrected chi connectivity index (χ1v) is 6.89. The molecule has 0 bridgehead atoms. The summed E-state index contributed by atoms with van der Waals surface area (Å²) < 4.78 is 40.7. The molecule has 1 heterocycles. The molecule has 1 aromatic rings. The van der Waals surface area contributed by atoms with E-state index in [0.717, 1.165) is 0 Å². The highest BCUT2D eigenvalue weighted by Crippen LogP contribution is 2.28. The third-order valence-corrected chi connectivity index (χ3v) is 3.36. The van der Waals surface area contributed by atoms with E-state index in [-0.39, 0.29) is 5.84 Å². The number of halogens is 3. The van der Waals surface area contributed by atoms with Gasteiger partial charge in [-0.25, -0.2) is 15.1 Å². The van der Waals surface area contributed by atoms with Crippen LogP contribution in [0.15, 0.2) is 30.3 Å². The monoisotopic (exact) mass is 328 g/mol. The van der Waals surface area contributed by atoms with E-state index in [2.05, 4.69) is 10.3 Å². The fourth-order valence-corrected chi connectivity index (χ4v) is 1.95. The number of hydrogen-bond acceptors (Lipinski definition) is 2. The molecule has 0 spiro atoms. The molecular weight excluding hydrogens is 311 g/mol. The zero-order valence-electron chi connectivity index (χ0n) is 12.8. The van der Waals surface area contributed by atoms with Crippen LogP contribution in [0.25, 0.3) is 0 Å². The van der Waals surface area contributed by atoms with E-state index in [1.54, 1.807) is 30.3 Å². The van der Waals surface area contributed by atoms with Crippen LogP contribution in [0.3, 0.4) is 0 Å². The number of amides is 2. The maximum atomic E-state index is 13.6. The number of hydrogen-bond donors (Lipinski definition) is 3. The van der Waals surface area contributed by atoms with Crippen LogP contribution in [0.5, 0.6) is 0 Å². The Balaban J connectivity index is 2.49. The molecule has 23 heavy (non-hydrogen) atoms. The summed E-state index contributed by atoms with van der Waals surface area (Å²) in [6.45, 7) is 4.38. The maximum absolute atomic E-state index is 13.6. The van der Waals surface area contributed by atoms with Gasteiger partial charge in [-0.2, -0.15) is 13.2 Å². The summed E-state index contributed by atoms with van der Waals surface area (Å²) in [6, 6.07) is 8.02. The Kier molecular flexibility index (Phi) is 3.96. The van der Waals surface area contributed by atoms with Gasteiger partial charge in [-0.1, -0.05) is 39.0 Å². The van der Waals surface area contributed by atoms with Gasteiger partial charge in [0.05, 0.1) is 5.56 Å². The molecule has 0 aliphatic carbocycles. The standard InChI is InChI=1S/C15H16F3N3O2/c1-13(2,3)11(22)21-14(15(16,17)18)12(23)19-10(20-14)9-7-5-4-6-8-9/h4-8H,1-3H3,(H,21,22)(H,19,20,23)/p+1/t14-/m1/s1. The molecule has 2 amide bonds. The zero-order valence-corrected chi connectivity index (χ0v) is 12.8. The van der Waals surface area contributed by atoms with E-state index < -0.39 is 29.1 Å². The molecule has 0 fully saturated rings. The fraction of sp³-hybridized carbons (Fsp3) is 0.400. The van der Waals surface area contributed by atoms with Gasteiger partial charge in [0.25, 0.3) is 5.84 Å². The van der Waals surface area contributed by atoms with E-state index in [1.807, 2.05) is 5.32 Å². The van der Waals surface area contributed by atoms with Crippen molar-refractivity contribution < 1.29 is 27.8 Å². The second-order valence-electron chi connectivity index (χ2n) is 6.27. The number of carbonyl (C=O) groups excluding carboxylic acids is 2. The average Bonchev–Trinajstić information content (AvgIpc) is 2.77. The number of rotatable bonds is 2. The summed E-state index contributed by atoms with van der Waals surface area (Å²) in [5.74, 6) is -2.38. The predicted octanol–water partition coefficient (Wildman–Crippen LogP) is 0.0645. The summed E-state index contributed by atoms with van der Waals surface area (Å²) in [5.41, 5.74) is -3.91. The van der Waals surface area contributed by atoms with Gasteiger partial charge in [-0.3, -0.25) is 10.1 Å². The number of carbonyl (C=O) groups is 2. The van der Waals surface area contributed by atoms with Crippen LogP contribution in [0.2, 0.25) is 0 Å². The summed E-state index contributed by atoms with van der Waals surface area (Å²) in [4.78, 5) is 26.2. The highest BCUT2D eigenvalue weighted by atomic mass is 19.4. The number of benzene rings is 1. The Bertz CT molecular complexity index is 663. The van der Waals surface area contributed by atoms with E-state index in [4.69, 9.17) is 0 Å². The quantitative estimate of drug-likeness (QED) is 0.719. The molecule has 5 nitrogen and oxygen atoms in total. The van der Waals surface area contributed by atoms with Gasteiger partial charge in [0.2, 0.25) is 5.91 Å². The molecule has 0 aromatic heterocycles. The Morgan fingerprint density at radius 2 is 1.74 bits per heavy atom. The van der Waals surface area contributed by atoms with Crippen molar-refractivity contribution in [2.45, 2.75) is 32.6 Å². The summed E-state index contributed by atoms with van der Waals surface area (Å²) in [6.07, 6.45) is -5.02. The SMILES string of the molecule is CC(C)(C)C(=O)N[C@]1(C(F)(F)F)[NH+]=C(c2ccccc2)NC1=O. The van der Waals surface area contributed by atoms with Crippen molar-refractivity contribution in [2.75, 3.05) is 0 Å². The normalized spacial score (nSPS) is 21.7. The zero-order chi connectivity index (χ0) is 17.5. The van der Waals surface area contributed by atoms with Crippen molar-refractivity contribution in [1.82, 2.24) is 10.6 Å². The van der Waals surface area contributed by atoms with Crippen molar-refractivity contribution in [2.24, 2.45) is 5.41 Å². The topological polar surface area (TPSA) is 72.2 Å². The molecule has 3 N–H and O–H groups in total. The van der Waals surface area contributed by atoms with Gasteiger partial charge in [-0.15, -0.1) is 0 Å².